The smallest absolute Gasteiger partial charge is 0.328 e. The van der Waals surface area contributed by atoms with Gasteiger partial charge in [0.15, 0.2) is 0 Å². The standard InChI is InChI=1S/C14H20N2O3/c1-4-11(14(18)19-3)16-13(17)12(15)10-7-5-9(2)6-8-10/h5-8,11-12H,4,15H2,1-3H3,(H,16,17). The van der Waals surface area contributed by atoms with Gasteiger partial charge in [-0.3, -0.25) is 4.79 Å². The van der Waals surface area contributed by atoms with Crippen molar-refractivity contribution < 1.29 is 14.3 Å². The number of nitrogens with one attached hydrogen (secondary N) is 1. The molecule has 0 aliphatic rings. The van der Waals surface area contributed by atoms with Crippen LogP contribution in [-0.2, 0) is 14.3 Å². The molecule has 3 N–H and O–H groups in total. The van der Waals surface area contributed by atoms with Gasteiger partial charge in [-0.15, -0.1) is 0 Å². The highest BCUT2D eigenvalue weighted by atomic mass is 16.5. The Hall–Kier alpha value is -1.88. The molecule has 5 nitrogen and oxygen atoms in total. The minimum atomic E-state index is -0.792. The minimum absolute atomic E-state index is 0.388. The highest BCUT2D eigenvalue weighted by Crippen LogP contribution is 2.12. The van der Waals surface area contributed by atoms with Crippen molar-refractivity contribution in [1.29, 1.82) is 0 Å². The molecule has 0 aromatic heterocycles. The Kier molecular flexibility index (Phi) is 5.51. The van der Waals surface area contributed by atoms with E-state index in [1.54, 1.807) is 19.1 Å². The third kappa shape index (κ3) is 4.06. The number of hydrogen-bond donors (Lipinski definition) is 2. The molecule has 1 aromatic carbocycles. The summed E-state index contributed by atoms with van der Waals surface area (Å²) in [5, 5.41) is 2.59. The Morgan fingerprint density at radius 1 is 1.32 bits per heavy atom. The number of methoxy groups -OCH3 is 1. The molecule has 0 radical (unpaired) electrons. The number of benzene rings is 1. The first-order valence-corrected chi connectivity index (χ1v) is 6.20. The summed E-state index contributed by atoms with van der Waals surface area (Å²) < 4.78 is 4.61. The average Bonchev–Trinajstić information content (AvgIpc) is 2.43. The molecule has 0 saturated heterocycles. The van der Waals surface area contributed by atoms with Gasteiger partial charge in [0.1, 0.15) is 12.1 Å². The van der Waals surface area contributed by atoms with Crippen LogP contribution in [0.4, 0.5) is 0 Å². The summed E-state index contributed by atoms with van der Waals surface area (Å²) in [5.41, 5.74) is 7.67. The Labute approximate surface area is 113 Å². The monoisotopic (exact) mass is 264 g/mol. The van der Waals surface area contributed by atoms with Crippen molar-refractivity contribution in [3.63, 3.8) is 0 Å². The molecule has 0 aliphatic heterocycles. The zero-order chi connectivity index (χ0) is 14.4. The van der Waals surface area contributed by atoms with Crippen molar-refractivity contribution in [2.24, 2.45) is 5.73 Å². The third-order valence-corrected chi connectivity index (χ3v) is 2.93. The molecule has 2 atom stereocenters. The maximum absolute atomic E-state index is 12.0. The first-order valence-electron chi connectivity index (χ1n) is 6.20. The van der Waals surface area contributed by atoms with Crippen molar-refractivity contribution >= 4 is 11.9 Å². The molecule has 1 amide bonds. The van der Waals surface area contributed by atoms with Crippen LogP contribution in [0.15, 0.2) is 24.3 Å². The van der Waals surface area contributed by atoms with Gasteiger partial charge in [-0.05, 0) is 18.9 Å². The van der Waals surface area contributed by atoms with Crippen LogP contribution in [-0.4, -0.2) is 25.0 Å². The molecule has 0 bridgehead atoms. The van der Waals surface area contributed by atoms with E-state index >= 15 is 0 Å². The van der Waals surface area contributed by atoms with Gasteiger partial charge >= 0.3 is 5.97 Å². The lowest BCUT2D eigenvalue weighted by molar-refractivity contribution is -0.145. The maximum Gasteiger partial charge on any atom is 0.328 e. The van der Waals surface area contributed by atoms with E-state index in [2.05, 4.69) is 10.1 Å². The number of aryl methyl sites for hydroxylation is 1. The van der Waals surface area contributed by atoms with Gasteiger partial charge in [-0.1, -0.05) is 36.8 Å². The molecule has 0 saturated carbocycles. The highest BCUT2D eigenvalue weighted by Gasteiger charge is 2.23. The van der Waals surface area contributed by atoms with Gasteiger partial charge in [-0.2, -0.15) is 0 Å². The Balaban J connectivity index is 2.71. The lowest BCUT2D eigenvalue weighted by Crippen LogP contribution is -2.45. The quantitative estimate of drug-likeness (QED) is 0.779. The topological polar surface area (TPSA) is 81.4 Å². The van der Waals surface area contributed by atoms with Crippen LogP contribution in [0.2, 0.25) is 0 Å². The van der Waals surface area contributed by atoms with Crippen LogP contribution in [0.25, 0.3) is 0 Å². The molecular formula is C14H20N2O3. The molecule has 0 heterocycles. The number of nitrogens with two attached hydrogens (primary N) is 1. The summed E-state index contributed by atoms with van der Waals surface area (Å²) in [7, 11) is 1.29. The van der Waals surface area contributed by atoms with Gasteiger partial charge in [0.05, 0.1) is 7.11 Å². The van der Waals surface area contributed by atoms with E-state index in [0.717, 1.165) is 5.56 Å². The zero-order valence-electron chi connectivity index (χ0n) is 11.5. The summed E-state index contributed by atoms with van der Waals surface area (Å²) in [6, 6.07) is 5.94. The number of carbonyl (C=O) groups excluding carboxylic acids is 2. The van der Waals surface area contributed by atoms with E-state index in [-0.39, 0.29) is 5.91 Å². The van der Waals surface area contributed by atoms with E-state index in [1.807, 2.05) is 19.1 Å². The summed E-state index contributed by atoms with van der Waals surface area (Å²) in [6.45, 7) is 3.75. The molecule has 0 spiro atoms. The van der Waals surface area contributed by atoms with Gasteiger partial charge < -0.3 is 15.8 Å². The van der Waals surface area contributed by atoms with Crippen LogP contribution in [0, 0.1) is 6.92 Å². The van der Waals surface area contributed by atoms with Crippen molar-refractivity contribution in [1.82, 2.24) is 5.32 Å². The molecule has 1 aromatic rings. The van der Waals surface area contributed by atoms with E-state index < -0.39 is 18.1 Å². The first-order chi connectivity index (χ1) is 8.99. The number of rotatable bonds is 5. The van der Waals surface area contributed by atoms with Gasteiger partial charge in [0.25, 0.3) is 0 Å². The average molecular weight is 264 g/mol. The van der Waals surface area contributed by atoms with Crippen molar-refractivity contribution in [3.8, 4) is 0 Å². The second-order valence-electron chi connectivity index (χ2n) is 4.38. The first kappa shape index (κ1) is 15.2. The van der Waals surface area contributed by atoms with E-state index in [4.69, 9.17) is 5.73 Å². The minimum Gasteiger partial charge on any atom is -0.467 e. The van der Waals surface area contributed by atoms with Gasteiger partial charge in [-0.25, -0.2) is 4.79 Å². The van der Waals surface area contributed by atoms with Crippen LogP contribution in [0.1, 0.15) is 30.5 Å². The lowest BCUT2D eigenvalue weighted by atomic mass is 10.0. The zero-order valence-corrected chi connectivity index (χ0v) is 11.5. The molecule has 1 rings (SSSR count). The molecular weight excluding hydrogens is 244 g/mol. The van der Waals surface area contributed by atoms with E-state index in [9.17, 15) is 9.59 Å². The summed E-state index contributed by atoms with van der Waals surface area (Å²) in [5.74, 6) is -0.854. The summed E-state index contributed by atoms with van der Waals surface area (Å²) in [6.07, 6.45) is 0.457. The Morgan fingerprint density at radius 3 is 2.37 bits per heavy atom. The molecule has 104 valence electrons. The molecule has 5 heteroatoms. The highest BCUT2D eigenvalue weighted by molar-refractivity contribution is 5.88. The number of ether oxygens (including phenoxy) is 1. The van der Waals surface area contributed by atoms with Crippen LogP contribution < -0.4 is 11.1 Å². The second-order valence-corrected chi connectivity index (χ2v) is 4.38. The molecule has 0 aliphatic carbocycles. The van der Waals surface area contributed by atoms with Crippen molar-refractivity contribution in [3.05, 3.63) is 35.4 Å². The number of hydrogen-bond acceptors (Lipinski definition) is 4. The maximum atomic E-state index is 12.0. The van der Waals surface area contributed by atoms with Crippen molar-refractivity contribution in [2.45, 2.75) is 32.4 Å². The normalized spacial score (nSPS) is 13.5. The van der Waals surface area contributed by atoms with Crippen LogP contribution in [0.3, 0.4) is 0 Å². The molecule has 0 fully saturated rings. The van der Waals surface area contributed by atoms with Crippen LogP contribution >= 0.6 is 0 Å². The number of carbonyl (C=O) groups is 2. The largest absolute Gasteiger partial charge is 0.467 e. The fourth-order valence-corrected chi connectivity index (χ4v) is 1.66. The van der Waals surface area contributed by atoms with Gasteiger partial charge in [0.2, 0.25) is 5.91 Å². The fourth-order valence-electron chi connectivity index (χ4n) is 1.66. The Morgan fingerprint density at radius 2 is 1.89 bits per heavy atom. The summed E-state index contributed by atoms with van der Waals surface area (Å²) in [4.78, 5) is 23.4. The lowest BCUT2D eigenvalue weighted by Gasteiger charge is -2.18. The third-order valence-electron chi connectivity index (χ3n) is 2.93. The molecule has 19 heavy (non-hydrogen) atoms. The fraction of sp³-hybridized carbons (Fsp3) is 0.429. The second kappa shape index (κ2) is 6.89. The van der Waals surface area contributed by atoms with Gasteiger partial charge in [0, 0.05) is 0 Å². The predicted octanol–water partition coefficient (Wildman–Crippen LogP) is 1.06. The number of amides is 1. The summed E-state index contributed by atoms with van der Waals surface area (Å²) >= 11 is 0. The SMILES string of the molecule is CCC(NC(=O)C(N)c1ccc(C)cc1)C(=O)OC. The predicted molar refractivity (Wildman–Crippen MR) is 72.3 cm³/mol. The van der Waals surface area contributed by atoms with Crippen molar-refractivity contribution in [2.75, 3.05) is 7.11 Å². The Bertz CT molecular complexity index is 443. The van der Waals surface area contributed by atoms with Crippen LogP contribution in [0.5, 0.6) is 0 Å². The van der Waals surface area contributed by atoms with E-state index in [1.165, 1.54) is 7.11 Å². The van der Waals surface area contributed by atoms with E-state index in [0.29, 0.717) is 12.0 Å². The number of esters is 1. The molecule has 2 unspecified atom stereocenters.